The maximum Gasteiger partial charge on any atom is 0.233 e. The second-order valence-corrected chi connectivity index (χ2v) is 8.35. The molecule has 2 aromatic rings. The number of benzene rings is 1. The maximum absolute atomic E-state index is 12.7. The second kappa shape index (κ2) is 10.7. The highest BCUT2D eigenvalue weighted by molar-refractivity contribution is 7.99. The van der Waals surface area contributed by atoms with Gasteiger partial charge < -0.3 is 9.64 Å². The van der Waals surface area contributed by atoms with Crippen LogP contribution in [-0.4, -0.2) is 43.9 Å². The molecule has 6 nitrogen and oxygen atoms in total. The molecule has 1 saturated heterocycles. The fourth-order valence-corrected chi connectivity index (χ4v) is 4.46. The van der Waals surface area contributed by atoms with Crippen LogP contribution in [0.25, 0.3) is 0 Å². The number of ether oxygens (including phenoxy) is 1. The predicted molar refractivity (Wildman–Crippen MR) is 116 cm³/mol. The van der Waals surface area contributed by atoms with Gasteiger partial charge in [-0.25, -0.2) is 0 Å². The molecule has 29 heavy (non-hydrogen) atoms. The van der Waals surface area contributed by atoms with Crippen LogP contribution in [-0.2, 0) is 17.9 Å². The number of thioether (sulfide) groups is 1. The molecule has 0 spiro atoms. The summed E-state index contributed by atoms with van der Waals surface area (Å²) >= 11 is 7.33. The number of nitrogens with zero attached hydrogens (tertiary/aromatic N) is 4. The molecular formula is C21H27ClN4O2S. The van der Waals surface area contributed by atoms with Crippen molar-refractivity contribution in [1.29, 1.82) is 0 Å². The predicted octanol–water partition coefficient (Wildman–Crippen LogP) is 4.58. The Labute approximate surface area is 181 Å². The van der Waals surface area contributed by atoms with E-state index in [9.17, 15) is 4.79 Å². The van der Waals surface area contributed by atoms with Crippen molar-refractivity contribution in [1.82, 2.24) is 19.7 Å². The van der Waals surface area contributed by atoms with Crippen LogP contribution in [0.1, 0.15) is 38.4 Å². The quantitative estimate of drug-likeness (QED) is 0.427. The normalized spacial score (nSPS) is 16.6. The van der Waals surface area contributed by atoms with E-state index in [-0.39, 0.29) is 12.5 Å². The summed E-state index contributed by atoms with van der Waals surface area (Å²) in [5, 5.41) is 9.90. The lowest BCUT2D eigenvalue weighted by Gasteiger charge is -2.35. The van der Waals surface area contributed by atoms with Gasteiger partial charge in [0.1, 0.15) is 12.4 Å². The number of allylic oxidation sites excluding steroid dienone is 1. The van der Waals surface area contributed by atoms with E-state index in [0.29, 0.717) is 40.1 Å². The molecule has 0 saturated carbocycles. The number of hydrogen-bond acceptors (Lipinski definition) is 5. The van der Waals surface area contributed by atoms with E-state index in [2.05, 4.69) is 23.7 Å². The van der Waals surface area contributed by atoms with Crippen molar-refractivity contribution in [2.75, 3.05) is 12.3 Å². The Bertz CT molecular complexity index is 825. The number of amides is 1. The van der Waals surface area contributed by atoms with E-state index in [0.717, 1.165) is 25.8 Å². The Morgan fingerprint density at radius 2 is 2.14 bits per heavy atom. The molecule has 2 heterocycles. The van der Waals surface area contributed by atoms with E-state index >= 15 is 0 Å². The topological polar surface area (TPSA) is 60.2 Å². The average molecular weight is 435 g/mol. The SMILES string of the molecule is C=CCn1c(COc2ccc(Cl)cc2)nnc1SCC(=O)N1CCCCC1CC. The van der Waals surface area contributed by atoms with Crippen molar-refractivity contribution in [3.63, 3.8) is 0 Å². The number of likely N-dealkylation sites (tertiary alicyclic amines) is 1. The van der Waals surface area contributed by atoms with Gasteiger partial charge in [0.25, 0.3) is 0 Å². The number of rotatable bonds is 9. The minimum Gasteiger partial charge on any atom is -0.486 e. The summed E-state index contributed by atoms with van der Waals surface area (Å²) in [4.78, 5) is 14.8. The highest BCUT2D eigenvalue weighted by Crippen LogP contribution is 2.24. The van der Waals surface area contributed by atoms with E-state index in [4.69, 9.17) is 16.3 Å². The Kier molecular flexibility index (Phi) is 8.00. The molecule has 0 bridgehead atoms. The molecule has 1 fully saturated rings. The Morgan fingerprint density at radius 3 is 2.86 bits per heavy atom. The zero-order valence-electron chi connectivity index (χ0n) is 16.7. The van der Waals surface area contributed by atoms with Crippen molar-refractivity contribution in [2.45, 2.75) is 57.0 Å². The van der Waals surface area contributed by atoms with Gasteiger partial charge in [0.05, 0.1) is 5.75 Å². The third-order valence-corrected chi connectivity index (χ3v) is 6.23. The summed E-state index contributed by atoms with van der Waals surface area (Å²) < 4.78 is 7.73. The molecule has 0 radical (unpaired) electrons. The second-order valence-electron chi connectivity index (χ2n) is 6.97. The Morgan fingerprint density at radius 1 is 1.34 bits per heavy atom. The minimum atomic E-state index is 0.175. The summed E-state index contributed by atoms with van der Waals surface area (Å²) in [5.74, 6) is 1.94. The number of halogens is 1. The number of carbonyl (C=O) groups excluding carboxylic acids is 1. The lowest BCUT2D eigenvalue weighted by atomic mass is 10.0. The van der Waals surface area contributed by atoms with Crippen molar-refractivity contribution in [3.05, 3.63) is 47.8 Å². The summed E-state index contributed by atoms with van der Waals surface area (Å²) in [5.41, 5.74) is 0. The summed E-state index contributed by atoms with van der Waals surface area (Å²) in [6.45, 7) is 7.67. The highest BCUT2D eigenvalue weighted by atomic mass is 35.5. The molecule has 1 unspecified atom stereocenters. The third-order valence-electron chi connectivity index (χ3n) is 5.03. The molecule has 3 rings (SSSR count). The van der Waals surface area contributed by atoms with Gasteiger partial charge in [-0.15, -0.1) is 16.8 Å². The largest absolute Gasteiger partial charge is 0.486 e. The Hall–Kier alpha value is -1.99. The molecule has 156 valence electrons. The lowest BCUT2D eigenvalue weighted by molar-refractivity contribution is -0.132. The van der Waals surface area contributed by atoms with Crippen LogP contribution in [0.15, 0.2) is 42.1 Å². The van der Waals surface area contributed by atoms with Crippen LogP contribution in [0, 0.1) is 0 Å². The first-order chi connectivity index (χ1) is 14.1. The molecule has 1 aromatic heterocycles. The van der Waals surface area contributed by atoms with Gasteiger partial charge >= 0.3 is 0 Å². The maximum atomic E-state index is 12.7. The molecule has 1 aliphatic rings. The van der Waals surface area contributed by atoms with Crippen LogP contribution < -0.4 is 4.74 Å². The fraction of sp³-hybridized carbons (Fsp3) is 0.476. The molecule has 1 aromatic carbocycles. The van der Waals surface area contributed by atoms with Crippen LogP contribution in [0.4, 0.5) is 0 Å². The van der Waals surface area contributed by atoms with Gasteiger partial charge in [0.2, 0.25) is 5.91 Å². The smallest absolute Gasteiger partial charge is 0.233 e. The average Bonchev–Trinajstić information content (AvgIpc) is 3.13. The van der Waals surface area contributed by atoms with E-state index in [1.165, 1.54) is 18.2 Å². The highest BCUT2D eigenvalue weighted by Gasteiger charge is 2.25. The molecule has 0 N–H and O–H groups in total. The Balaban J connectivity index is 1.62. The monoisotopic (exact) mass is 434 g/mol. The zero-order valence-corrected chi connectivity index (χ0v) is 18.3. The lowest BCUT2D eigenvalue weighted by Crippen LogP contribution is -2.44. The van der Waals surface area contributed by atoms with Crippen molar-refractivity contribution < 1.29 is 9.53 Å². The van der Waals surface area contributed by atoms with Crippen LogP contribution >= 0.6 is 23.4 Å². The van der Waals surface area contributed by atoms with E-state index in [1.54, 1.807) is 18.2 Å². The number of carbonyl (C=O) groups is 1. The molecular weight excluding hydrogens is 408 g/mol. The first kappa shape index (κ1) is 21.7. The van der Waals surface area contributed by atoms with E-state index in [1.807, 2.05) is 21.6 Å². The zero-order chi connectivity index (χ0) is 20.6. The van der Waals surface area contributed by atoms with Gasteiger partial charge in [-0.1, -0.05) is 36.4 Å². The molecule has 1 amide bonds. The van der Waals surface area contributed by atoms with Gasteiger partial charge in [-0.05, 0) is 49.9 Å². The van der Waals surface area contributed by atoms with Crippen LogP contribution in [0.2, 0.25) is 5.02 Å². The first-order valence-corrected chi connectivity index (χ1v) is 11.3. The number of piperidine rings is 1. The van der Waals surface area contributed by atoms with Gasteiger partial charge in [0.15, 0.2) is 11.0 Å². The minimum absolute atomic E-state index is 0.175. The van der Waals surface area contributed by atoms with Crippen molar-refractivity contribution in [2.24, 2.45) is 0 Å². The van der Waals surface area contributed by atoms with Gasteiger partial charge in [-0.2, -0.15) is 0 Å². The van der Waals surface area contributed by atoms with E-state index < -0.39 is 0 Å². The van der Waals surface area contributed by atoms with Gasteiger partial charge in [0, 0.05) is 24.2 Å². The third kappa shape index (κ3) is 5.76. The number of hydrogen-bond donors (Lipinski definition) is 0. The molecule has 1 atom stereocenters. The number of aromatic nitrogens is 3. The summed E-state index contributed by atoms with van der Waals surface area (Å²) in [6.07, 6.45) is 6.20. The first-order valence-electron chi connectivity index (χ1n) is 9.96. The van der Waals surface area contributed by atoms with Crippen LogP contribution in [0.5, 0.6) is 5.75 Å². The summed E-state index contributed by atoms with van der Waals surface area (Å²) in [7, 11) is 0. The molecule has 0 aliphatic carbocycles. The molecule has 1 aliphatic heterocycles. The van der Waals surface area contributed by atoms with Crippen LogP contribution in [0.3, 0.4) is 0 Å². The van der Waals surface area contributed by atoms with Crippen molar-refractivity contribution in [3.8, 4) is 5.75 Å². The summed E-state index contributed by atoms with van der Waals surface area (Å²) in [6, 6.07) is 7.55. The molecule has 8 heteroatoms. The fourth-order valence-electron chi connectivity index (χ4n) is 3.49. The standard InChI is InChI=1S/C21H27ClN4O2S/c1-3-12-26-19(14-28-18-10-8-16(22)9-11-18)23-24-21(26)29-15-20(27)25-13-6-5-7-17(25)4-2/h3,8-11,17H,1,4-7,12-15H2,2H3. The van der Waals surface area contributed by atoms with Crippen molar-refractivity contribution >= 4 is 29.3 Å². The van der Waals surface area contributed by atoms with Gasteiger partial charge in [-0.3, -0.25) is 9.36 Å².